The maximum absolute atomic E-state index is 12.4. The topological polar surface area (TPSA) is 84.0 Å². The third-order valence-electron chi connectivity index (χ3n) is 1.92. The minimum absolute atomic E-state index is 0.184. The molecular formula is C11H11F3N4O2S. The van der Waals surface area contributed by atoms with Crippen LogP contribution in [0.3, 0.4) is 0 Å². The molecule has 10 heteroatoms. The average molecular weight is 320 g/mol. The van der Waals surface area contributed by atoms with E-state index in [4.69, 9.17) is 0 Å². The highest BCUT2D eigenvalue weighted by Crippen LogP contribution is 2.28. The molecule has 1 aromatic rings. The Morgan fingerprint density at radius 1 is 1.43 bits per heavy atom. The number of thioether (sulfide) groups is 1. The van der Waals surface area contributed by atoms with Crippen LogP contribution in [0.25, 0.3) is 0 Å². The average Bonchev–Trinajstić information content (AvgIpc) is 2.42. The van der Waals surface area contributed by atoms with Gasteiger partial charge in [0.15, 0.2) is 5.16 Å². The molecule has 0 aliphatic rings. The van der Waals surface area contributed by atoms with Gasteiger partial charge in [-0.15, -0.1) is 6.58 Å². The summed E-state index contributed by atoms with van der Waals surface area (Å²) in [5.74, 6) is -0.967. The first-order chi connectivity index (χ1) is 9.82. The first-order valence-corrected chi connectivity index (χ1v) is 6.53. The molecule has 0 aromatic carbocycles. The van der Waals surface area contributed by atoms with Crippen molar-refractivity contribution in [3.8, 4) is 0 Å². The third kappa shape index (κ3) is 6.25. The zero-order chi connectivity index (χ0) is 15.9. The van der Waals surface area contributed by atoms with E-state index >= 15 is 0 Å². The lowest BCUT2D eigenvalue weighted by molar-refractivity contribution is -0.141. The summed E-state index contributed by atoms with van der Waals surface area (Å²) in [4.78, 5) is 29.4. The van der Waals surface area contributed by atoms with Crippen LogP contribution < -0.4 is 10.6 Å². The molecule has 0 saturated heterocycles. The van der Waals surface area contributed by atoms with Crippen molar-refractivity contribution in [1.82, 2.24) is 20.6 Å². The Bertz CT molecular complexity index is 536. The second-order valence-electron chi connectivity index (χ2n) is 3.56. The quantitative estimate of drug-likeness (QED) is 0.489. The Balaban J connectivity index is 2.50. The van der Waals surface area contributed by atoms with Gasteiger partial charge in [-0.3, -0.25) is 10.1 Å². The summed E-state index contributed by atoms with van der Waals surface area (Å²) in [6.45, 7) is 3.56. The molecule has 0 spiro atoms. The molecule has 1 rings (SSSR count). The lowest BCUT2D eigenvalue weighted by Crippen LogP contribution is -2.40. The van der Waals surface area contributed by atoms with Gasteiger partial charge in [0.05, 0.1) is 5.75 Å². The Morgan fingerprint density at radius 2 is 2.14 bits per heavy atom. The summed E-state index contributed by atoms with van der Waals surface area (Å²) < 4.78 is 37.3. The smallest absolute Gasteiger partial charge is 0.334 e. The van der Waals surface area contributed by atoms with Crippen LogP contribution in [-0.4, -0.2) is 34.2 Å². The predicted molar refractivity (Wildman–Crippen MR) is 69.5 cm³/mol. The van der Waals surface area contributed by atoms with Crippen molar-refractivity contribution in [2.75, 3.05) is 12.3 Å². The number of carbonyl (C=O) groups is 2. The highest BCUT2D eigenvalue weighted by molar-refractivity contribution is 7.99. The van der Waals surface area contributed by atoms with E-state index < -0.39 is 23.8 Å². The highest BCUT2D eigenvalue weighted by Gasteiger charge is 2.32. The predicted octanol–water partition coefficient (Wildman–Crippen LogP) is 1.60. The van der Waals surface area contributed by atoms with Crippen molar-refractivity contribution in [1.29, 1.82) is 0 Å². The van der Waals surface area contributed by atoms with Gasteiger partial charge in [0.2, 0.25) is 5.91 Å². The lowest BCUT2D eigenvalue weighted by atomic mass is 10.4. The summed E-state index contributed by atoms with van der Waals surface area (Å²) in [7, 11) is 0. The Labute approximate surface area is 122 Å². The van der Waals surface area contributed by atoms with Gasteiger partial charge in [0, 0.05) is 12.7 Å². The molecule has 1 aromatic heterocycles. The maximum atomic E-state index is 12.4. The van der Waals surface area contributed by atoms with Gasteiger partial charge in [-0.25, -0.2) is 14.8 Å². The standard InChI is InChI=1S/C11H11F3N4O2S/c1-2-4-15-9(20)18-8(19)6-21-10-16-5-3-7(17-10)11(12,13)14/h2-3,5H,1,4,6H2,(H2,15,18,19,20). The normalized spacial score (nSPS) is 10.8. The fourth-order valence-electron chi connectivity index (χ4n) is 1.07. The SMILES string of the molecule is C=CCNC(=O)NC(=O)CSc1nccc(C(F)(F)F)n1. The number of aromatic nitrogens is 2. The fraction of sp³-hybridized carbons (Fsp3) is 0.273. The maximum Gasteiger partial charge on any atom is 0.433 e. The number of nitrogens with zero attached hydrogens (tertiary/aromatic N) is 2. The third-order valence-corrected chi connectivity index (χ3v) is 2.78. The number of imide groups is 1. The Kier molecular flexibility index (Phi) is 6.15. The van der Waals surface area contributed by atoms with Crippen molar-refractivity contribution in [2.45, 2.75) is 11.3 Å². The van der Waals surface area contributed by atoms with Crippen molar-refractivity contribution in [3.05, 3.63) is 30.6 Å². The monoisotopic (exact) mass is 320 g/mol. The summed E-state index contributed by atoms with van der Waals surface area (Å²) >= 11 is 0.690. The van der Waals surface area contributed by atoms with Gasteiger partial charge in [0.25, 0.3) is 0 Å². The Morgan fingerprint density at radius 3 is 2.76 bits per heavy atom. The van der Waals surface area contributed by atoms with Crippen LogP contribution in [0.1, 0.15) is 5.69 Å². The molecule has 0 aliphatic carbocycles. The molecule has 3 amide bonds. The van der Waals surface area contributed by atoms with Gasteiger partial charge >= 0.3 is 12.2 Å². The Hall–Kier alpha value is -2.10. The van der Waals surface area contributed by atoms with Crippen molar-refractivity contribution < 1.29 is 22.8 Å². The molecule has 1 heterocycles. The first kappa shape index (κ1) is 17.0. The zero-order valence-electron chi connectivity index (χ0n) is 10.6. The first-order valence-electron chi connectivity index (χ1n) is 5.54. The van der Waals surface area contributed by atoms with E-state index in [2.05, 4.69) is 21.9 Å². The van der Waals surface area contributed by atoms with Gasteiger partial charge in [-0.2, -0.15) is 13.2 Å². The molecule has 2 N–H and O–H groups in total. The van der Waals surface area contributed by atoms with Crippen LogP contribution >= 0.6 is 11.8 Å². The number of rotatable bonds is 5. The number of hydrogen-bond acceptors (Lipinski definition) is 5. The summed E-state index contributed by atoms with van der Waals surface area (Å²) in [6, 6.07) is 0.0119. The fourth-order valence-corrected chi connectivity index (χ4v) is 1.70. The zero-order valence-corrected chi connectivity index (χ0v) is 11.4. The number of amides is 3. The lowest BCUT2D eigenvalue weighted by Gasteiger charge is -2.07. The minimum atomic E-state index is -4.58. The molecule has 0 atom stereocenters. The van der Waals surface area contributed by atoms with E-state index in [1.165, 1.54) is 6.08 Å². The van der Waals surface area contributed by atoms with Crippen molar-refractivity contribution >= 4 is 23.7 Å². The second-order valence-corrected chi connectivity index (χ2v) is 4.50. The largest absolute Gasteiger partial charge is 0.433 e. The van der Waals surface area contributed by atoms with Crippen LogP contribution in [0.4, 0.5) is 18.0 Å². The number of alkyl halides is 3. The van der Waals surface area contributed by atoms with Gasteiger partial charge in [-0.05, 0) is 6.07 Å². The van der Waals surface area contributed by atoms with E-state index in [1.54, 1.807) is 0 Å². The highest BCUT2D eigenvalue weighted by atomic mass is 32.2. The molecule has 6 nitrogen and oxygen atoms in total. The van der Waals surface area contributed by atoms with Crippen molar-refractivity contribution in [3.63, 3.8) is 0 Å². The van der Waals surface area contributed by atoms with E-state index in [-0.39, 0.29) is 17.5 Å². The molecule has 114 valence electrons. The minimum Gasteiger partial charge on any atom is -0.334 e. The number of nitrogens with one attached hydrogen (secondary N) is 2. The number of halogens is 3. The molecule has 21 heavy (non-hydrogen) atoms. The van der Waals surface area contributed by atoms with Crippen LogP contribution in [0.2, 0.25) is 0 Å². The molecule has 0 unspecified atom stereocenters. The van der Waals surface area contributed by atoms with Crippen LogP contribution in [-0.2, 0) is 11.0 Å². The molecule has 0 fully saturated rings. The van der Waals surface area contributed by atoms with E-state index in [9.17, 15) is 22.8 Å². The van der Waals surface area contributed by atoms with Crippen molar-refractivity contribution in [2.24, 2.45) is 0 Å². The molecule has 0 radical (unpaired) electrons. The summed E-state index contributed by atoms with van der Waals surface area (Å²) in [5, 5.41) is 4.10. The van der Waals surface area contributed by atoms with E-state index in [0.29, 0.717) is 11.8 Å². The molecular weight excluding hydrogens is 309 g/mol. The number of carbonyl (C=O) groups excluding carboxylic acids is 2. The van der Waals surface area contributed by atoms with Crippen LogP contribution in [0, 0.1) is 0 Å². The molecule has 0 aliphatic heterocycles. The number of hydrogen-bond donors (Lipinski definition) is 2. The van der Waals surface area contributed by atoms with Gasteiger partial charge in [0.1, 0.15) is 5.69 Å². The van der Waals surface area contributed by atoms with Crippen LogP contribution in [0.5, 0.6) is 0 Å². The second kappa shape index (κ2) is 7.62. The van der Waals surface area contributed by atoms with E-state index in [1.807, 2.05) is 5.32 Å². The van der Waals surface area contributed by atoms with Gasteiger partial charge < -0.3 is 5.32 Å². The summed E-state index contributed by atoms with van der Waals surface area (Å²) in [5.41, 5.74) is -1.09. The molecule has 0 bridgehead atoms. The number of urea groups is 1. The molecule has 0 saturated carbocycles. The van der Waals surface area contributed by atoms with Crippen LogP contribution in [0.15, 0.2) is 30.1 Å². The van der Waals surface area contributed by atoms with E-state index in [0.717, 1.165) is 12.3 Å². The summed E-state index contributed by atoms with van der Waals surface area (Å²) in [6.07, 6.45) is -2.20. The van der Waals surface area contributed by atoms with Gasteiger partial charge in [-0.1, -0.05) is 17.8 Å².